The molecule has 0 radical (unpaired) electrons. The molecule has 19 heavy (non-hydrogen) atoms. The topological polar surface area (TPSA) is 107 Å². The SMILES string of the molecule is C=CCNC(=O)COc1ccc([N+](=O)[O-])cc1CN. The van der Waals surface area contributed by atoms with E-state index in [1.807, 2.05) is 0 Å². The van der Waals surface area contributed by atoms with Gasteiger partial charge in [0.25, 0.3) is 11.6 Å². The number of nitrogens with zero attached hydrogens (tertiary/aromatic N) is 1. The van der Waals surface area contributed by atoms with Gasteiger partial charge in [-0.05, 0) is 6.07 Å². The summed E-state index contributed by atoms with van der Waals surface area (Å²) in [5, 5.41) is 13.2. The van der Waals surface area contributed by atoms with Gasteiger partial charge in [0.05, 0.1) is 4.92 Å². The minimum Gasteiger partial charge on any atom is -0.483 e. The van der Waals surface area contributed by atoms with Crippen LogP contribution in [0.2, 0.25) is 0 Å². The van der Waals surface area contributed by atoms with E-state index in [1.165, 1.54) is 18.2 Å². The van der Waals surface area contributed by atoms with Gasteiger partial charge in [-0.3, -0.25) is 14.9 Å². The molecule has 0 aliphatic carbocycles. The molecule has 0 spiro atoms. The molecule has 0 unspecified atom stereocenters. The maximum Gasteiger partial charge on any atom is 0.270 e. The highest BCUT2D eigenvalue weighted by Crippen LogP contribution is 2.23. The van der Waals surface area contributed by atoms with Crippen molar-refractivity contribution in [2.45, 2.75) is 6.54 Å². The standard InChI is InChI=1S/C12H15N3O4/c1-2-5-14-12(16)8-19-11-4-3-10(15(17)18)6-9(11)7-13/h2-4,6H,1,5,7-8,13H2,(H,14,16). The first-order chi connectivity index (χ1) is 9.08. The Morgan fingerprint density at radius 2 is 2.32 bits per heavy atom. The molecule has 1 rings (SSSR count). The smallest absolute Gasteiger partial charge is 0.270 e. The van der Waals surface area contributed by atoms with Crippen LogP contribution in [0, 0.1) is 10.1 Å². The lowest BCUT2D eigenvalue weighted by Crippen LogP contribution is -2.29. The molecule has 0 saturated heterocycles. The van der Waals surface area contributed by atoms with E-state index in [0.29, 0.717) is 17.9 Å². The summed E-state index contributed by atoms with van der Waals surface area (Å²) in [5.41, 5.74) is 5.90. The lowest BCUT2D eigenvalue weighted by molar-refractivity contribution is -0.384. The molecular weight excluding hydrogens is 250 g/mol. The van der Waals surface area contributed by atoms with Crippen LogP contribution in [-0.4, -0.2) is 24.0 Å². The largest absolute Gasteiger partial charge is 0.483 e. The molecule has 0 bridgehead atoms. The Morgan fingerprint density at radius 1 is 1.58 bits per heavy atom. The number of ether oxygens (including phenoxy) is 1. The second-order valence-electron chi connectivity index (χ2n) is 3.63. The first kappa shape index (κ1) is 14.7. The van der Waals surface area contributed by atoms with Crippen molar-refractivity contribution < 1.29 is 14.5 Å². The van der Waals surface area contributed by atoms with Crippen LogP contribution >= 0.6 is 0 Å². The average molecular weight is 265 g/mol. The quantitative estimate of drug-likeness (QED) is 0.429. The van der Waals surface area contributed by atoms with Crippen molar-refractivity contribution in [1.82, 2.24) is 5.32 Å². The van der Waals surface area contributed by atoms with Gasteiger partial charge in [0.2, 0.25) is 0 Å². The maximum atomic E-state index is 11.3. The molecule has 7 heteroatoms. The third kappa shape index (κ3) is 4.40. The summed E-state index contributed by atoms with van der Waals surface area (Å²) in [6.07, 6.45) is 1.55. The monoisotopic (exact) mass is 265 g/mol. The van der Waals surface area contributed by atoms with E-state index < -0.39 is 4.92 Å². The number of rotatable bonds is 7. The van der Waals surface area contributed by atoms with Gasteiger partial charge in [0.15, 0.2) is 6.61 Å². The number of benzene rings is 1. The Bertz CT molecular complexity index is 488. The van der Waals surface area contributed by atoms with Gasteiger partial charge < -0.3 is 15.8 Å². The number of nitro groups is 1. The first-order valence-electron chi connectivity index (χ1n) is 5.56. The number of nitrogens with two attached hydrogens (primary N) is 1. The van der Waals surface area contributed by atoms with Crippen molar-refractivity contribution >= 4 is 11.6 Å². The van der Waals surface area contributed by atoms with E-state index in [4.69, 9.17) is 10.5 Å². The molecule has 1 aromatic rings. The van der Waals surface area contributed by atoms with Crippen LogP contribution in [0.3, 0.4) is 0 Å². The highest BCUT2D eigenvalue weighted by atomic mass is 16.6. The minimum absolute atomic E-state index is 0.0658. The van der Waals surface area contributed by atoms with Crippen LogP contribution in [0.15, 0.2) is 30.9 Å². The summed E-state index contributed by atoms with van der Waals surface area (Å²) in [5.74, 6) is 0.0584. The van der Waals surface area contributed by atoms with E-state index >= 15 is 0 Å². The third-order valence-corrected chi connectivity index (χ3v) is 2.28. The summed E-state index contributed by atoms with van der Waals surface area (Å²) in [6, 6.07) is 4.06. The van der Waals surface area contributed by atoms with Crippen molar-refractivity contribution in [1.29, 1.82) is 0 Å². The molecule has 0 saturated carbocycles. The van der Waals surface area contributed by atoms with Gasteiger partial charge in [-0.2, -0.15) is 0 Å². The Hall–Kier alpha value is -2.41. The highest BCUT2D eigenvalue weighted by molar-refractivity contribution is 5.77. The molecule has 3 N–H and O–H groups in total. The van der Waals surface area contributed by atoms with Crippen LogP contribution < -0.4 is 15.8 Å². The van der Waals surface area contributed by atoms with Crippen molar-refractivity contribution in [2.24, 2.45) is 5.73 Å². The van der Waals surface area contributed by atoms with Gasteiger partial charge in [0, 0.05) is 30.8 Å². The van der Waals surface area contributed by atoms with Crippen molar-refractivity contribution in [2.75, 3.05) is 13.2 Å². The van der Waals surface area contributed by atoms with E-state index in [-0.39, 0.29) is 24.7 Å². The Labute approximate surface area is 110 Å². The summed E-state index contributed by atoms with van der Waals surface area (Å²) < 4.78 is 5.27. The van der Waals surface area contributed by atoms with Crippen LogP contribution in [-0.2, 0) is 11.3 Å². The summed E-state index contributed by atoms with van der Waals surface area (Å²) in [7, 11) is 0. The van der Waals surface area contributed by atoms with Gasteiger partial charge in [0.1, 0.15) is 5.75 Å². The van der Waals surface area contributed by atoms with Gasteiger partial charge >= 0.3 is 0 Å². The van der Waals surface area contributed by atoms with Crippen LogP contribution in [0.5, 0.6) is 5.75 Å². The van der Waals surface area contributed by atoms with Crippen LogP contribution in [0.4, 0.5) is 5.69 Å². The van der Waals surface area contributed by atoms with Gasteiger partial charge in [-0.15, -0.1) is 6.58 Å². The van der Waals surface area contributed by atoms with Gasteiger partial charge in [-0.1, -0.05) is 6.08 Å². The van der Waals surface area contributed by atoms with Crippen molar-refractivity contribution in [3.63, 3.8) is 0 Å². The predicted molar refractivity (Wildman–Crippen MR) is 69.7 cm³/mol. The Balaban J connectivity index is 2.70. The second-order valence-corrected chi connectivity index (χ2v) is 3.63. The zero-order chi connectivity index (χ0) is 14.3. The van der Waals surface area contributed by atoms with E-state index in [1.54, 1.807) is 6.08 Å². The molecule has 7 nitrogen and oxygen atoms in total. The number of non-ortho nitro benzene ring substituents is 1. The summed E-state index contributed by atoms with van der Waals surface area (Å²) >= 11 is 0. The Morgan fingerprint density at radius 3 is 2.89 bits per heavy atom. The fourth-order valence-corrected chi connectivity index (χ4v) is 1.36. The molecule has 102 valence electrons. The second kappa shape index (κ2) is 7.12. The van der Waals surface area contributed by atoms with Crippen molar-refractivity contribution in [3.8, 4) is 5.75 Å². The molecule has 1 aromatic carbocycles. The summed E-state index contributed by atoms with van der Waals surface area (Å²) in [6.45, 7) is 3.73. The minimum atomic E-state index is -0.514. The molecule has 0 aliphatic heterocycles. The molecule has 1 amide bonds. The molecular formula is C12H15N3O4. The zero-order valence-electron chi connectivity index (χ0n) is 10.3. The fourth-order valence-electron chi connectivity index (χ4n) is 1.36. The van der Waals surface area contributed by atoms with Gasteiger partial charge in [-0.25, -0.2) is 0 Å². The zero-order valence-corrected chi connectivity index (χ0v) is 10.3. The normalized spacial score (nSPS) is 9.74. The number of nitro benzene ring substituents is 1. The average Bonchev–Trinajstić information content (AvgIpc) is 2.42. The highest BCUT2D eigenvalue weighted by Gasteiger charge is 2.11. The molecule has 0 heterocycles. The van der Waals surface area contributed by atoms with Crippen molar-refractivity contribution in [3.05, 3.63) is 46.5 Å². The predicted octanol–water partition coefficient (Wildman–Crippen LogP) is 0.734. The molecule has 0 aromatic heterocycles. The van der Waals surface area contributed by atoms with E-state index in [9.17, 15) is 14.9 Å². The number of carbonyl (C=O) groups is 1. The molecule has 0 atom stereocenters. The number of hydrogen-bond donors (Lipinski definition) is 2. The fraction of sp³-hybridized carbons (Fsp3) is 0.250. The van der Waals surface area contributed by atoms with Crippen LogP contribution in [0.1, 0.15) is 5.56 Å². The lowest BCUT2D eigenvalue weighted by atomic mass is 10.2. The van der Waals surface area contributed by atoms with E-state index in [0.717, 1.165) is 0 Å². The Kier molecular flexibility index (Phi) is 5.49. The number of hydrogen-bond acceptors (Lipinski definition) is 5. The third-order valence-electron chi connectivity index (χ3n) is 2.28. The number of carbonyl (C=O) groups excluding carboxylic acids is 1. The summed E-state index contributed by atoms with van der Waals surface area (Å²) in [4.78, 5) is 21.4. The number of nitrogens with one attached hydrogen (secondary N) is 1. The van der Waals surface area contributed by atoms with E-state index in [2.05, 4.69) is 11.9 Å². The maximum absolute atomic E-state index is 11.3. The first-order valence-corrected chi connectivity index (χ1v) is 5.56. The molecule has 0 aliphatic rings. The lowest BCUT2D eigenvalue weighted by Gasteiger charge is -2.09. The molecule has 0 fully saturated rings. The number of amides is 1. The van der Waals surface area contributed by atoms with Crippen LogP contribution in [0.25, 0.3) is 0 Å².